The van der Waals surface area contributed by atoms with Gasteiger partial charge in [0.15, 0.2) is 0 Å². The van der Waals surface area contributed by atoms with E-state index in [0.29, 0.717) is 36.6 Å². The summed E-state index contributed by atoms with van der Waals surface area (Å²) in [7, 11) is 0. The van der Waals surface area contributed by atoms with Gasteiger partial charge in [0.25, 0.3) is 5.91 Å². The number of carbonyl (C=O) groups excluding carboxylic acids is 2. The Bertz CT molecular complexity index is 406. The molecule has 0 aliphatic carbocycles. The quantitative estimate of drug-likeness (QED) is 0.659. The van der Waals surface area contributed by atoms with Crippen LogP contribution in [0.5, 0.6) is 0 Å². The molecule has 0 unspecified atom stereocenters. The molecule has 0 saturated carbocycles. The van der Waals surface area contributed by atoms with Crippen molar-refractivity contribution in [2.45, 2.75) is 6.42 Å². The molecule has 6 heteroatoms. The second-order valence-corrected chi connectivity index (χ2v) is 4.09. The molecule has 0 spiro atoms. The number of nitrogens with two attached hydrogens (primary N) is 1. The van der Waals surface area contributed by atoms with Gasteiger partial charge in [0, 0.05) is 36.6 Å². The maximum atomic E-state index is 11.6. The molecule has 0 saturated heterocycles. The molecular formula is C12H16ClN3O2. The summed E-state index contributed by atoms with van der Waals surface area (Å²) in [5, 5.41) is 5.92. The molecule has 0 bridgehead atoms. The summed E-state index contributed by atoms with van der Waals surface area (Å²) < 4.78 is 0. The van der Waals surface area contributed by atoms with Gasteiger partial charge in [-0.3, -0.25) is 9.59 Å². The third-order valence-corrected chi connectivity index (χ3v) is 2.46. The van der Waals surface area contributed by atoms with E-state index in [0.717, 1.165) is 0 Å². The van der Waals surface area contributed by atoms with Gasteiger partial charge in [0.05, 0.1) is 0 Å². The minimum Gasteiger partial charge on any atom is -0.354 e. The highest BCUT2D eigenvalue weighted by molar-refractivity contribution is 6.30. The summed E-state index contributed by atoms with van der Waals surface area (Å²) in [6.45, 7) is 1.08. The molecule has 18 heavy (non-hydrogen) atoms. The van der Waals surface area contributed by atoms with Gasteiger partial charge < -0.3 is 16.4 Å². The normalized spacial score (nSPS) is 9.89. The van der Waals surface area contributed by atoms with E-state index in [-0.39, 0.29) is 11.8 Å². The zero-order valence-electron chi connectivity index (χ0n) is 9.91. The fourth-order valence-electron chi connectivity index (χ4n) is 1.30. The van der Waals surface area contributed by atoms with Crippen LogP contribution in [0.3, 0.4) is 0 Å². The average Bonchev–Trinajstić information content (AvgIpc) is 2.35. The predicted molar refractivity (Wildman–Crippen MR) is 70.5 cm³/mol. The predicted octanol–water partition coefficient (Wildman–Crippen LogP) is 0.535. The van der Waals surface area contributed by atoms with Crippen molar-refractivity contribution in [3.8, 4) is 0 Å². The zero-order chi connectivity index (χ0) is 13.4. The number of benzene rings is 1. The van der Waals surface area contributed by atoms with Gasteiger partial charge in [-0.2, -0.15) is 0 Å². The summed E-state index contributed by atoms with van der Waals surface area (Å²) in [5.41, 5.74) is 5.76. The van der Waals surface area contributed by atoms with Crippen LogP contribution >= 0.6 is 11.6 Å². The second kappa shape index (κ2) is 7.68. The lowest BCUT2D eigenvalue weighted by Gasteiger charge is -2.06. The van der Waals surface area contributed by atoms with E-state index in [4.69, 9.17) is 17.3 Å². The standard InChI is InChI=1S/C12H16ClN3O2/c13-10-3-1-9(2-4-10)12(18)16-8-7-15-11(17)5-6-14/h1-4H,5-8,14H2,(H,15,17)(H,16,18). The number of amides is 2. The van der Waals surface area contributed by atoms with E-state index in [1.165, 1.54) is 0 Å². The Balaban J connectivity index is 2.25. The van der Waals surface area contributed by atoms with E-state index in [1.807, 2.05) is 0 Å². The lowest BCUT2D eigenvalue weighted by Crippen LogP contribution is -2.35. The third kappa shape index (κ3) is 5.16. The van der Waals surface area contributed by atoms with Gasteiger partial charge in [-0.15, -0.1) is 0 Å². The molecule has 0 atom stereocenters. The molecule has 0 aromatic heterocycles. The van der Waals surface area contributed by atoms with E-state index in [2.05, 4.69) is 10.6 Å². The highest BCUT2D eigenvalue weighted by atomic mass is 35.5. The second-order valence-electron chi connectivity index (χ2n) is 3.65. The van der Waals surface area contributed by atoms with Crippen LogP contribution in [0.25, 0.3) is 0 Å². The smallest absolute Gasteiger partial charge is 0.251 e. The molecule has 1 aromatic carbocycles. The minimum atomic E-state index is -0.195. The summed E-state index contributed by atoms with van der Waals surface area (Å²) in [4.78, 5) is 22.7. The lowest BCUT2D eigenvalue weighted by atomic mass is 10.2. The highest BCUT2D eigenvalue weighted by Gasteiger charge is 2.04. The highest BCUT2D eigenvalue weighted by Crippen LogP contribution is 2.08. The van der Waals surface area contributed by atoms with Crippen LogP contribution < -0.4 is 16.4 Å². The first-order valence-electron chi connectivity index (χ1n) is 5.64. The average molecular weight is 270 g/mol. The fourth-order valence-corrected chi connectivity index (χ4v) is 1.43. The van der Waals surface area contributed by atoms with Crippen LogP contribution in [0.4, 0.5) is 0 Å². The molecular weight excluding hydrogens is 254 g/mol. The molecule has 1 rings (SSSR count). The van der Waals surface area contributed by atoms with Crippen LogP contribution in [0.1, 0.15) is 16.8 Å². The van der Waals surface area contributed by atoms with Crippen molar-refractivity contribution in [3.05, 3.63) is 34.9 Å². The molecule has 4 N–H and O–H groups in total. The van der Waals surface area contributed by atoms with Crippen LogP contribution in [-0.4, -0.2) is 31.4 Å². The maximum absolute atomic E-state index is 11.6. The van der Waals surface area contributed by atoms with Gasteiger partial charge in [0.2, 0.25) is 5.91 Å². The molecule has 98 valence electrons. The number of hydrogen-bond acceptors (Lipinski definition) is 3. The summed E-state index contributed by atoms with van der Waals surface area (Å²) in [6, 6.07) is 6.59. The van der Waals surface area contributed by atoms with Crippen molar-refractivity contribution in [2.24, 2.45) is 5.73 Å². The first kappa shape index (κ1) is 14.5. The van der Waals surface area contributed by atoms with E-state index < -0.39 is 0 Å². The number of halogens is 1. The van der Waals surface area contributed by atoms with Gasteiger partial charge in [-0.25, -0.2) is 0 Å². The number of hydrogen-bond donors (Lipinski definition) is 3. The van der Waals surface area contributed by atoms with Crippen molar-refractivity contribution in [1.82, 2.24) is 10.6 Å². The van der Waals surface area contributed by atoms with Crippen molar-refractivity contribution < 1.29 is 9.59 Å². The van der Waals surface area contributed by atoms with Gasteiger partial charge in [-0.1, -0.05) is 11.6 Å². The number of carbonyl (C=O) groups is 2. The van der Waals surface area contributed by atoms with E-state index in [1.54, 1.807) is 24.3 Å². The largest absolute Gasteiger partial charge is 0.354 e. The van der Waals surface area contributed by atoms with E-state index in [9.17, 15) is 9.59 Å². The third-order valence-electron chi connectivity index (χ3n) is 2.21. The Morgan fingerprint density at radius 3 is 2.33 bits per heavy atom. The Morgan fingerprint density at radius 1 is 1.11 bits per heavy atom. The van der Waals surface area contributed by atoms with Gasteiger partial charge in [-0.05, 0) is 24.3 Å². The van der Waals surface area contributed by atoms with Crippen molar-refractivity contribution in [2.75, 3.05) is 19.6 Å². The molecule has 0 aliphatic heterocycles. The molecule has 0 radical (unpaired) electrons. The summed E-state index contributed by atoms with van der Waals surface area (Å²) in [5.74, 6) is -0.307. The van der Waals surface area contributed by atoms with Crippen molar-refractivity contribution in [3.63, 3.8) is 0 Å². The first-order valence-corrected chi connectivity index (χ1v) is 6.02. The number of nitrogens with one attached hydrogen (secondary N) is 2. The molecule has 5 nitrogen and oxygen atoms in total. The van der Waals surface area contributed by atoms with E-state index >= 15 is 0 Å². The lowest BCUT2D eigenvalue weighted by molar-refractivity contribution is -0.120. The van der Waals surface area contributed by atoms with Crippen molar-refractivity contribution in [1.29, 1.82) is 0 Å². The van der Waals surface area contributed by atoms with Gasteiger partial charge >= 0.3 is 0 Å². The Hall–Kier alpha value is -1.59. The van der Waals surface area contributed by atoms with Crippen LogP contribution in [0, 0.1) is 0 Å². The Labute approximate surface area is 111 Å². The minimum absolute atomic E-state index is 0.113. The monoisotopic (exact) mass is 269 g/mol. The first-order chi connectivity index (χ1) is 8.63. The summed E-state index contributed by atoms with van der Waals surface area (Å²) in [6.07, 6.45) is 0.297. The fraction of sp³-hybridized carbons (Fsp3) is 0.333. The SMILES string of the molecule is NCCC(=O)NCCNC(=O)c1ccc(Cl)cc1. The summed E-state index contributed by atoms with van der Waals surface area (Å²) >= 11 is 5.72. The zero-order valence-corrected chi connectivity index (χ0v) is 10.7. The van der Waals surface area contributed by atoms with Crippen molar-refractivity contribution >= 4 is 23.4 Å². The van der Waals surface area contributed by atoms with Crippen LogP contribution in [-0.2, 0) is 4.79 Å². The van der Waals surface area contributed by atoms with Crippen LogP contribution in [0.15, 0.2) is 24.3 Å². The topological polar surface area (TPSA) is 84.2 Å². The van der Waals surface area contributed by atoms with Gasteiger partial charge in [0.1, 0.15) is 0 Å². The molecule has 2 amide bonds. The Morgan fingerprint density at radius 2 is 1.72 bits per heavy atom. The van der Waals surface area contributed by atoms with Crippen LogP contribution in [0.2, 0.25) is 5.02 Å². The molecule has 0 aliphatic rings. The molecule has 1 aromatic rings. The Kier molecular flexibility index (Phi) is 6.18. The molecule has 0 heterocycles. The maximum Gasteiger partial charge on any atom is 0.251 e. The molecule has 0 fully saturated rings. The number of rotatable bonds is 6.